The number of nitrogens with one attached hydrogen (secondary N) is 2. The van der Waals surface area contributed by atoms with Crippen molar-refractivity contribution in [1.29, 1.82) is 5.26 Å². The molecule has 2 fully saturated rings. The summed E-state index contributed by atoms with van der Waals surface area (Å²) >= 11 is 3.05. The number of carbonyl (C=O) groups is 1. The first kappa shape index (κ1) is 24.9. The van der Waals surface area contributed by atoms with Crippen molar-refractivity contribution in [3.8, 4) is 6.07 Å². The van der Waals surface area contributed by atoms with Crippen LogP contribution in [-0.2, 0) is 4.74 Å². The van der Waals surface area contributed by atoms with Gasteiger partial charge in [-0.1, -0.05) is 36.4 Å². The highest BCUT2D eigenvalue weighted by atomic mass is 32.2. The van der Waals surface area contributed by atoms with Gasteiger partial charge in [-0.3, -0.25) is 10.2 Å². The molecule has 2 unspecified atom stereocenters. The molecule has 0 saturated carbocycles. The summed E-state index contributed by atoms with van der Waals surface area (Å²) in [6.45, 7) is 10.0. The van der Waals surface area contributed by atoms with Crippen molar-refractivity contribution < 1.29 is 9.53 Å². The van der Waals surface area contributed by atoms with E-state index < -0.39 is 0 Å². The molecule has 3 heterocycles. The number of nitrogens with zero attached hydrogens (tertiary/aromatic N) is 4. The number of amides is 2. The minimum Gasteiger partial charge on any atom is -0.369 e. The van der Waals surface area contributed by atoms with Crippen molar-refractivity contribution in [3.05, 3.63) is 29.8 Å². The molecule has 182 valence electrons. The average molecular weight is 501 g/mol. The summed E-state index contributed by atoms with van der Waals surface area (Å²) in [4.78, 5) is 14.8. The lowest BCUT2D eigenvalue weighted by atomic mass is 9.76. The Morgan fingerprint density at radius 3 is 2.76 bits per heavy atom. The standard InChI is InChI=1S/C24H32N6O2S2/c1-4-18-14-23(2,3)30(11-5-10-24(18)16-32-24)12-13-33-22-29-28-21(34-22)27-20(31)26-19-8-6-17(15-25)7-9-19/h6-9,18H,4-5,10-14,16H2,1-3H3,(H2,26,27,28,31). The van der Waals surface area contributed by atoms with Gasteiger partial charge in [0, 0.05) is 23.5 Å². The van der Waals surface area contributed by atoms with E-state index in [2.05, 4.69) is 52.6 Å². The molecule has 0 aliphatic carbocycles. The SMILES string of the molecule is CCC1CC(C)(C)N(CCSc2nnc(NC(=O)Nc3ccc(C#N)cc3)s2)CCCC12CO2. The maximum atomic E-state index is 12.2. The van der Waals surface area contributed by atoms with Gasteiger partial charge in [-0.15, -0.1) is 10.2 Å². The average Bonchev–Trinajstić information content (AvgIpc) is 3.47. The minimum absolute atomic E-state index is 0.137. The molecule has 0 bridgehead atoms. The minimum atomic E-state index is -0.386. The first-order valence-electron chi connectivity index (χ1n) is 11.8. The quantitative estimate of drug-likeness (QED) is 0.305. The number of thioether (sulfide) groups is 1. The molecule has 10 heteroatoms. The van der Waals surface area contributed by atoms with Crippen LogP contribution in [0.5, 0.6) is 0 Å². The molecule has 1 aromatic carbocycles. The van der Waals surface area contributed by atoms with Gasteiger partial charge >= 0.3 is 6.03 Å². The summed E-state index contributed by atoms with van der Waals surface area (Å²) < 4.78 is 6.78. The van der Waals surface area contributed by atoms with Gasteiger partial charge in [0.15, 0.2) is 4.34 Å². The van der Waals surface area contributed by atoms with Crippen LogP contribution >= 0.6 is 23.1 Å². The van der Waals surface area contributed by atoms with E-state index in [-0.39, 0.29) is 17.2 Å². The van der Waals surface area contributed by atoms with Gasteiger partial charge in [0.05, 0.1) is 23.8 Å². The lowest BCUT2D eigenvalue weighted by Gasteiger charge is -2.44. The number of likely N-dealkylation sites (tertiary alicyclic amines) is 1. The van der Waals surface area contributed by atoms with E-state index in [0.717, 1.165) is 36.2 Å². The van der Waals surface area contributed by atoms with Crippen molar-refractivity contribution in [1.82, 2.24) is 15.1 Å². The van der Waals surface area contributed by atoms with Crippen molar-refractivity contribution in [2.45, 2.75) is 61.9 Å². The maximum Gasteiger partial charge on any atom is 0.325 e. The van der Waals surface area contributed by atoms with Gasteiger partial charge in [-0.2, -0.15) is 5.26 Å². The van der Waals surface area contributed by atoms with Gasteiger partial charge in [-0.05, 0) is 69.8 Å². The summed E-state index contributed by atoms with van der Waals surface area (Å²) in [6, 6.07) is 8.35. The molecular formula is C24H32N6O2S2. The number of hydrogen-bond acceptors (Lipinski definition) is 8. The van der Waals surface area contributed by atoms with Crippen LogP contribution in [0.4, 0.5) is 15.6 Å². The van der Waals surface area contributed by atoms with Gasteiger partial charge < -0.3 is 10.1 Å². The Balaban J connectivity index is 1.24. The zero-order valence-electron chi connectivity index (χ0n) is 20.0. The van der Waals surface area contributed by atoms with Crippen molar-refractivity contribution >= 4 is 39.9 Å². The Morgan fingerprint density at radius 2 is 2.09 bits per heavy atom. The van der Waals surface area contributed by atoms with Crippen LogP contribution in [0.2, 0.25) is 0 Å². The Hall–Kier alpha value is -2.19. The topological polar surface area (TPSA) is 106 Å². The molecular weight excluding hydrogens is 468 g/mol. The molecule has 2 amide bonds. The highest BCUT2D eigenvalue weighted by Gasteiger charge is 2.52. The number of hydrogen-bond donors (Lipinski definition) is 2. The highest BCUT2D eigenvalue weighted by Crippen LogP contribution is 2.47. The second kappa shape index (κ2) is 10.6. The fourth-order valence-corrected chi connectivity index (χ4v) is 6.63. The molecule has 0 radical (unpaired) electrons. The molecule has 1 spiro atoms. The Labute approximate surface area is 209 Å². The van der Waals surface area contributed by atoms with E-state index in [1.54, 1.807) is 36.0 Å². The zero-order chi connectivity index (χ0) is 24.2. The van der Waals surface area contributed by atoms with Gasteiger partial charge in [-0.25, -0.2) is 4.79 Å². The van der Waals surface area contributed by atoms with E-state index in [9.17, 15) is 4.79 Å². The number of benzene rings is 1. The molecule has 2 saturated heterocycles. The molecule has 2 aromatic rings. The van der Waals surface area contributed by atoms with Gasteiger partial charge in [0.2, 0.25) is 5.13 Å². The number of ether oxygens (including phenoxy) is 1. The first-order chi connectivity index (χ1) is 16.3. The normalized spacial score (nSPS) is 24.1. The van der Waals surface area contributed by atoms with E-state index in [0.29, 0.717) is 22.3 Å². The number of epoxide rings is 1. The number of urea groups is 1. The lowest BCUT2D eigenvalue weighted by molar-refractivity contribution is 0.0471. The van der Waals surface area contributed by atoms with Crippen molar-refractivity contribution in [2.75, 3.05) is 36.1 Å². The van der Waals surface area contributed by atoms with Crippen LogP contribution in [0.25, 0.3) is 0 Å². The van der Waals surface area contributed by atoms with E-state index in [1.807, 2.05) is 0 Å². The second-order valence-electron chi connectivity index (χ2n) is 9.56. The Bertz CT molecular complexity index is 1030. The molecule has 4 rings (SSSR count). The van der Waals surface area contributed by atoms with Crippen LogP contribution in [0.3, 0.4) is 0 Å². The lowest BCUT2D eigenvalue weighted by Crippen LogP contribution is -2.50. The van der Waals surface area contributed by atoms with Crippen LogP contribution in [0.1, 0.15) is 52.0 Å². The summed E-state index contributed by atoms with van der Waals surface area (Å²) in [5.74, 6) is 1.55. The fraction of sp³-hybridized carbons (Fsp3) is 0.583. The molecule has 2 aliphatic rings. The second-order valence-corrected chi connectivity index (χ2v) is 11.9. The maximum absolute atomic E-state index is 12.2. The predicted molar refractivity (Wildman–Crippen MR) is 136 cm³/mol. The molecule has 2 N–H and O–H groups in total. The van der Waals surface area contributed by atoms with Crippen LogP contribution < -0.4 is 10.6 Å². The molecule has 2 atom stereocenters. The zero-order valence-corrected chi connectivity index (χ0v) is 21.6. The molecule has 2 aliphatic heterocycles. The largest absolute Gasteiger partial charge is 0.369 e. The smallest absolute Gasteiger partial charge is 0.325 e. The summed E-state index contributed by atoms with van der Waals surface area (Å²) in [5.41, 5.74) is 1.45. The number of anilines is 2. The Morgan fingerprint density at radius 1 is 1.32 bits per heavy atom. The van der Waals surface area contributed by atoms with Crippen LogP contribution in [-0.4, -0.2) is 57.7 Å². The van der Waals surface area contributed by atoms with E-state index in [4.69, 9.17) is 10.00 Å². The van der Waals surface area contributed by atoms with Crippen LogP contribution in [0.15, 0.2) is 28.6 Å². The molecule has 1 aromatic heterocycles. The summed E-state index contributed by atoms with van der Waals surface area (Å²) in [7, 11) is 0. The number of nitriles is 1. The molecule has 8 nitrogen and oxygen atoms in total. The number of aromatic nitrogens is 2. The van der Waals surface area contributed by atoms with E-state index in [1.165, 1.54) is 30.6 Å². The number of carbonyl (C=O) groups excluding carboxylic acids is 1. The van der Waals surface area contributed by atoms with Gasteiger partial charge in [0.1, 0.15) is 0 Å². The monoisotopic (exact) mass is 500 g/mol. The van der Waals surface area contributed by atoms with Crippen LogP contribution in [0, 0.1) is 17.2 Å². The predicted octanol–water partition coefficient (Wildman–Crippen LogP) is 5.21. The Kier molecular flexibility index (Phi) is 7.77. The third kappa shape index (κ3) is 6.08. The van der Waals surface area contributed by atoms with Crippen molar-refractivity contribution in [3.63, 3.8) is 0 Å². The summed E-state index contributed by atoms with van der Waals surface area (Å²) in [6.07, 6.45) is 4.67. The van der Waals surface area contributed by atoms with Gasteiger partial charge in [0.25, 0.3) is 0 Å². The summed E-state index contributed by atoms with van der Waals surface area (Å²) in [5, 5.41) is 23.1. The number of rotatable bonds is 7. The highest BCUT2D eigenvalue weighted by molar-refractivity contribution is 8.01. The third-order valence-corrected chi connectivity index (χ3v) is 8.82. The van der Waals surface area contributed by atoms with Crippen molar-refractivity contribution in [2.24, 2.45) is 5.92 Å². The first-order valence-corrected chi connectivity index (χ1v) is 13.6. The molecule has 34 heavy (non-hydrogen) atoms. The van der Waals surface area contributed by atoms with E-state index >= 15 is 0 Å². The third-order valence-electron chi connectivity index (χ3n) is 6.87. The fourth-order valence-electron chi connectivity index (χ4n) is 4.85.